The topological polar surface area (TPSA) is 24.9 Å². The molecule has 0 unspecified atom stereocenters. The van der Waals surface area contributed by atoms with Crippen LogP contribution >= 0.6 is 0 Å². The fourth-order valence-electron chi connectivity index (χ4n) is 1.26. The van der Waals surface area contributed by atoms with E-state index in [1.807, 2.05) is 25.5 Å². The molecular weight excluding hydrogens is 184 g/mol. The lowest BCUT2D eigenvalue weighted by Gasteiger charge is -1.98. The first-order valence-corrected chi connectivity index (χ1v) is 5.14. The number of hydrogen-bond acceptors (Lipinski definition) is 2. The number of aromatic nitrogens is 1. The van der Waals surface area contributed by atoms with Gasteiger partial charge in [-0.05, 0) is 43.8 Å². The summed E-state index contributed by atoms with van der Waals surface area (Å²) in [6, 6.07) is 4.13. The summed E-state index contributed by atoms with van der Waals surface area (Å²) >= 11 is 0. The van der Waals surface area contributed by atoms with Crippen LogP contribution in [0.1, 0.15) is 18.2 Å². The van der Waals surface area contributed by atoms with E-state index in [2.05, 4.69) is 42.4 Å². The van der Waals surface area contributed by atoms with Crippen LogP contribution in [-0.2, 0) is 6.42 Å². The molecule has 2 heteroatoms. The zero-order valence-electron chi connectivity index (χ0n) is 9.62. The van der Waals surface area contributed by atoms with E-state index >= 15 is 0 Å². The maximum Gasteiger partial charge on any atom is 0.0444 e. The maximum atomic E-state index is 4.31. The molecule has 80 valence electrons. The van der Waals surface area contributed by atoms with E-state index in [1.165, 1.54) is 11.1 Å². The lowest BCUT2D eigenvalue weighted by molar-refractivity contribution is 1.08. The summed E-state index contributed by atoms with van der Waals surface area (Å²) in [4.78, 5) is 4.31. The molecule has 1 heterocycles. The van der Waals surface area contributed by atoms with Crippen LogP contribution in [0.2, 0.25) is 0 Å². The van der Waals surface area contributed by atoms with Gasteiger partial charge in [0.15, 0.2) is 0 Å². The zero-order chi connectivity index (χ0) is 11.1. The van der Waals surface area contributed by atoms with Gasteiger partial charge in [-0.3, -0.25) is 4.98 Å². The number of nitrogens with zero attached hydrogens (tertiary/aromatic N) is 1. The van der Waals surface area contributed by atoms with Crippen LogP contribution in [-0.4, -0.2) is 12.0 Å². The van der Waals surface area contributed by atoms with Crippen molar-refractivity contribution in [2.75, 3.05) is 7.05 Å². The molecule has 0 fully saturated rings. The van der Waals surface area contributed by atoms with Crippen molar-refractivity contribution < 1.29 is 0 Å². The number of pyridine rings is 1. The summed E-state index contributed by atoms with van der Waals surface area (Å²) in [6.45, 7) is 4.17. The summed E-state index contributed by atoms with van der Waals surface area (Å²) in [6.07, 6.45) is 8.90. The summed E-state index contributed by atoms with van der Waals surface area (Å²) < 4.78 is 0. The van der Waals surface area contributed by atoms with Crippen LogP contribution < -0.4 is 5.32 Å². The van der Waals surface area contributed by atoms with Crippen molar-refractivity contribution in [2.24, 2.45) is 0 Å². The van der Waals surface area contributed by atoms with Crippen LogP contribution in [0, 0.1) is 6.92 Å². The summed E-state index contributed by atoms with van der Waals surface area (Å²) in [7, 11) is 1.89. The highest BCUT2D eigenvalue weighted by atomic mass is 14.8. The predicted molar refractivity (Wildman–Crippen MR) is 64.6 cm³/mol. The Labute approximate surface area is 91.7 Å². The molecule has 1 rings (SSSR count). The van der Waals surface area contributed by atoms with E-state index in [9.17, 15) is 0 Å². The molecule has 0 atom stereocenters. The Morgan fingerprint density at radius 1 is 1.53 bits per heavy atom. The molecule has 1 aromatic rings. The first-order chi connectivity index (χ1) is 7.22. The molecule has 0 saturated carbocycles. The van der Waals surface area contributed by atoms with Crippen molar-refractivity contribution in [2.45, 2.75) is 20.3 Å². The molecular formula is C13H18N2. The van der Waals surface area contributed by atoms with Gasteiger partial charge in [0.2, 0.25) is 0 Å². The van der Waals surface area contributed by atoms with Crippen molar-refractivity contribution in [1.82, 2.24) is 10.3 Å². The minimum absolute atomic E-state index is 0.890. The van der Waals surface area contributed by atoms with E-state index < -0.39 is 0 Å². The highest BCUT2D eigenvalue weighted by molar-refractivity contribution is 5.21. The molecule has 0 amide bonds. The van der Waals surface area contributed by atoms with E-state index in [4.69, 9.17) is 0 Å². The molecule has 0 saturated heterocycles. The molecule has 0 aliphatic carbocycles. The largest absolute Gasteiger partial charge is 0.394 e. The van der Waals surface area contributed by atoms with E-state index in [1.54, 1.807) is 0 Å². The quantitative estimate of drug-likeness (QED) is 0.759. The summed E-state index contributed by atoms with van der Waals surface area (Å²) in [5, 5.41) is 2.97. The van der Waals surface area contributed by atoms with Gasteiger partial charge >= 0.3 is 0 Å². The first kappa shape index (κ1) is 11.5. The lowest BCUT2D eigenvalue weighted by atomic mass is 10.1. The molecule has 2 nitrogen and oxygen atoms in total. The number of rotatable bonds is 4. The van der Waals surface area contributed by atoms with Gasteiger partial charge in [-0.2, -0.15) is 0 Å². The molecule has 0 aliphatic heterocycles. The van der Waals surface area contributed by atoms with Gasteiger partial charge in [-0.1, -0.05) is 11.6 Å². The fourth-order valence-corrected chi connectivity index (χ4v) is 1.26. The number of nitrogens with one attached hydrogen (secondary N) is 1. The molecule has 0 aliphatic rings. The zero-order valence-corrected chi connectivity index (χ0v) is 9.62. The van der Waals surface area contributed by atoms with Gasteiger partial charge < -0.3 is 5.32 Å². The molecule has 1 aromatic heterocycles. The van der Waals surface area contributed by atoms with E-state index in [0.29, 0.717) is 0 Å². The Morgan fingerprint density at radius 3 is 3.00 bits per heavy atom. The minimum atomic E-state index is 0.890. The van der Waals surface area contributed by atoms with Gasteiger partial charge in [0.05, 0.1) is 0 Å². The second-order valence-electron chi connectivity index (χ2n) is 3.60. The number of allylic oxidation sites excluding steroid dienone is 3. The lowest BCUT2D eigenvalue weighted by Crippen LogP contribution is -1.92. The van der Waals surface area contributed by atoms with Crippen LogP contribution in [0.15, 0.2) is 42.3 Å². The Hall–Kier alpha value is -1.57. The van der Waals surface area contributed by atoms with Crippen LogP contribution in [0.4, 0.5) is 0 Å². The van der Waals surface area contributed by atoms with E-state index in [0.717, 1.165) is 12.1 Å². The average Bonchev–Trinajstić information content (AvgIpc) is 2.23. The predicted octanol–water partition coefficient (Wildman–Crippen LogP) is 2.61. The van der Waals surface area contributed by atoms with Gasteiger partial charge in [0.25, 0.3) is 0 Å². The van der Waals surface area contributed by atoms with Crippen molar-refractivity contribution in [1.29, 1.82) is 0 Å². The highest BCUT2D eigenvalue weighted by Gasteiger charge is 1.92. The first-order valence-electron chi connectivity index (χ1n) is 5.14. The van der Waals surface area contributed by atoms with E-state index in [-0.39, 0.29) is 0 Å². The summed E-state index contributed by atoms with van der Waals surface area (Å²) in [5.74, 6) is 0. The minimum Gasteiger partial charge on any atom is -0.394 e. The van der Waals surface area contributed by atoms with Gasteiger partial charge in [-0.25, -0.2) is 0 Å². The number of aryl methyl sites for hydroxylation is 1. The number of hydrogen-bond donors (Lipinski definition) is 1. The summed E-state index contributed by atoms with van der Waals surface area (Å²) in [5.41, 5.74) is 3.62. The second kappa shape index (κ2) is 6.02. The fraction of sp³-hybridized carbons (Fsp3) is 0.308. The van der Waals surface area contributed by atoms with Crippen molar-refractivity contribution in [3.63, 3.8) is 0 Å². The van der Waals surface area contributed by atoms with Gasteiger partial charge in [-0.15, -0.1) is 0 Å². The van der Waals surface area contributed by atoms with Crippen molar-refractivity contribution in [3.8, 4) is 0 Å². The molecule has 1 N–H and O–H groups in total. The van der Waals surface area contributed by atoms with Gasteiger partial charge in [0, 0.05) is 25.4 Å². The SMILES string of the molecule is CN/C=C\C(C)=C/Cc1cc(C)ccn1. The van der Waals surface area contributed by atoms with Crippen LogP contribution in [0.5, 0.6) is 0 Å². The molecule has 0 spiro atoms. The third-order valence-electron chi connectivity index (χ3n) is 2.12. The molecule has 0 radical (unpaired) electrons. The van der Waals surface area contributed by atoms with Crippen LogP contribution in [0.3, 0.4) is 0 Å². The average molecular weight is 202 g/mol. The third kappa shape index (κ3) is 4.45. The normalized spacial score (nSPS) is 12.1. The third-order valence-corrected chi connectivity index (χ3v) is 2.12. The smallest absolute Gasteiger partial charge is 0.0444 e. The maximum absolute atomic E-state index is 4.31. The highest BCUT2D eigenvalue weighted by Crippen LogP contribution is 2.03. The van der Waals surface area contributed by atoms with Crippen molar-refractivity contribution >= 4 is 0 Å². The van der Waals surface area contributed by atoms with Crippen LogP contribution in [0.25, 0.3) is 0 Å². The Morgan fingerprint density at radius 2 is 2.33 bits per heavy atom. The van der Waals surface area contributed by atoms with Gasteiger partial charge in [0.1, 0.15) is 0 Å². The Balaban J connectivity index is 2.59. The standard InChI is InChI=1S/C13H18N2/c1-11(6-8-14-3)4-5-13-10-12(2)7-9-15-13/h4,6-10,14H,5H2,1-3H3/b8-6-,11-4-. The monoisotopic (exact) mass is 202 g/mol. The Bertz CT molecular complexity index is 365. The molecule has 15 heavy (non-hydrogen) atoms. The molecule has 0 bridgehead atoms. The van der Waals surface area contributed by atoms with Crippen molar-refractivity contribution in [3.05, 3.63) is 53.5 Å². The molecule has 0 aromatic carbocycles. The second-order valence-corrected chi connectivity index (χ2v) is 3.60. The Kier molecular flexibility index (Phi) is 4.61.